The fourth-order valence-corrected chi connectivity index (χ4v) is 7.12. The van der Waals surface area contributed by atoms with E-state index >= 15 is 0 Å². The predicted octanol–water partition coefficient (Wildman–Crippen LogP) is 9.26. The minimum absolute atomic E-state index is 0.303. The van der Waals surface area contributed by atoms with Crippen molar-refractivity contribution in [1.29, 1.82) is 5.26 Å². The number of hydrogen-bond acceptors (Lipinski definition) is 7. The largest absolute Gasteiger partial charge is 0.497 e. The Morgan fingerprint density at radius 2 is 1.11 bits per heavy atom. The van der Waals surface area contributed by atoms with Crippen LogP contribution in [-0.4, -0.2) is 50.8 Å². The van der Waals surface area contributed by atoms with Crippen LogP contribution < -0.4 is 9.47 Å². The van der Waals surface area contributed by atoms with Gasteiger partial charge in [-0.15, -0.1) is 0 Å². The molecule has 0 N–H and O–H groups in total. The molecule has 0 aliphatic rings. The molecule has 0 spiro atoms. The number of rotatable bonds is 21. The maximum atomic E-state index is 8.93. The first-order chi connectivity index (χ1) is 21.9. The average Bonchev–Trinajstić information content (AvgIpc) is 3.06. The quantitative estimate of drug-likeness (QED) is 0.0657. The average molecular weight is 635 g/mol. The smallest absolute Gasteiger partial charge is 0.259 e. The minimum Gasteiger partial charge on any atom is -0.497 e. The van der Waals surface area contributed by atoms with Crippen molar-refractivity contribution in [2.75, 3.05) is 34.0 Å². The van der Waals surface area contributed by atoms with Crippen molar-refractivity contribution >= 4 is 8.53 Å². The Kier molecular flexibility index (Phi) is 15.8. The van der Waals surface area contributed by atoms with Crippen molar-refractivity contribution < 1.29 is 23.3 Å². The SMILES string of the molecule is COc1ccc(C(OCCCCCCCOP(OCCC#N)N(C(C)C)C(C)C)(c2ccccc2)c2ccc(OC)cc2)cc1. The molecule has 0 aliphatic carbocycles. The van der Waals surface area contributed by atoms with Gasteiger partial charge in [-0.3, -0.25) is 0 Å². The summed E-state index contributed by atoms with van der Waals surface area (Å²) in [4.78, 5) is 0. The van der Waals surface area contributed by atoms with Crippen LogP contribution in [0.4, 0.5) is 0 Å². The monoisotopic (exact) mass is 634 g/mol. The first kappa shape index (κ1) is 36.5. The Labute approximate surface area is 272 Å². The lowest BCUT2D eigenvalue weighted by atomic mass is 9.80. The second-order valence-corrected chi connectivity index (χ2v) is 13.0. The van der Waals surface area contributed by atoms with Crippen LogP contribution >= 0.6 is 8.53 Å². The molecule has 3 aromatic rings. The fourth-order valence-electron chi connectivity index (χ4n) is 5.49. The summed E-state index contributed by atoms with van der Waals surface area (Å²) in [6, 6.07) is 29.5. The third-order valence-electron chi connectivity index (χ3n) is 7.64. The van der Waals surface area contributed by atoms with Crippen LogP contribution in [0.2, 0.25) is 0 Å². The van der Waals surface area contributed by atoms with Crippen molar-refractivity contribution in [3.05, 3.63) is 95.6 Å². The van der Waals surface area contributed by atoms with Crippen LogP contribution in [0.1, 0.15) is 82.9 Å². The Hall–Kier alpha value is -2.98. The summed E-state index contributed by atoms with van der Waals surface area (Å²) < 4.78 is 32.4. The second kappa shape index (κ2) is 19.5. The van der Waals surface area contributed by atoms with Crippen LogP contribution in [0.15, 0.2) is 78.9 Å². The summed E-state index contributed by atoms with van der Waals surface area (Å²) in [5.41, 5.74) is 2.38. The predicted molar refractivity (Wildman–Crippen MR) is 183 cm³/mol. The standard InChI is InChI=1S/C37H51N2O5P/c1-30(2)39(31(3)4)45(44-29-15-26-38)43-28-14-9-7-8-13-27-42-37(32-16-11-10-12-17-32,33-18-22-35(40-5)23-19-33)34-20-24-36(41-6)25-21-34/h10-12,16-25,30-31H,7-9,13-15,27-29H2,1-6H3. The molecule has 3 rings (SSSR count). The zero-order valence-corrected chi connectivity index (χ0v) is 28.8. The van der Waals surface area contributed by atoms with E-state index < -0.39 is 14.1 Å². The highest BCUT2D eigenvalue weighted by atomic mass is 31.2. The van der Waals surface area contributed by atoms with Gasteiger partial charge in [-0.25, -0.2) is 4.67 Å². The molecule has 0 fully saturated rings. The maximum absolute atomic E-state index is 8.93. The Morgan fingerprint density at radius 1 is 0.644 bits per heavy atom. The molecular weight excluding hydrogens is 583 g/mol. The fraction of sp³-hybridized carbons (Fsp3) is 0.486. The van der Waals surface area contributed by atoms with Crippen molar-refractivity contribution in [3.63, 3.8) is 0 Å². The topological polar surface area (TPSA) is 73.2 Å². The van der Waals surface area contributed by atoms with E-state index in [0.29, 0.717) is 38.3 Å². The molecule has 45 heavy (non-hydrogen) atoms. The molecule has 8 heteroatoms. The first-order valence-electron chi connectivity index (χ1n) is 16.1. The van der Waals surface area contributed by atoms with E-state index in [-0.39, 0.29) is 0 Å². The molecule has 3 aromatic carbocycles. The third kappa shape index (κ3) is 10.5. The van der Waals surface area contributed by atoms with Gasteiger partial charge < -0.3 is 23.3 Å². The van der Waals surface area contributed by atoms with E-state index in [2.05, 4.69) is 87.0 Å². The van der Waals surface area contributed by atoms with E-state index in [1.54, 1.807) is 14.2 Å². The molecule has 1 unspecified atom stereocenters. The van der Waals surface area contributed by atoms with E-state index in [9.17, 15) is 0 Å². The van der Waals surface area contributed by atoms with Crippen molar-refractivity contribution in [2.24, 2.45) is 0 Å². The highest BCUT2D eigenvalue weighted by Crippen LogP contribution is 2.46. The molecular formula is C37H51N2O5P. The number of methoxy groups -OCH3 is 2. The number of ether oxygens (including phenoxy) is 3. The van der Waals surface area contributed by atoms with Gasteiger partial charge in [-0.2, -0.15) is 5.26 Å². The number of unbranched alkanes of at least 4 members (excludes halogenated alkanes) is 4. The normalized spacial score (nSPS) is 12.4. The van der Waals surface area contributed by atoms with Crippen molar-refractivity contribution in [3.8, 4) is 17.6 Å². The summed E-state index contributed by atoms with van der Waals surface area (Å²) in [5.74, 6) is 1.61. The van der Waals surface area contributed by atoms with E-state index in [1.165, 1.54) is 0 Å². The molecule has 0 saturated heterocycles. The zero-order chi connectivity index (χ0) is 32.5. The van der Waals surface area contributed by atoms with Gasteiger partial charge in [-0.05, 0) is 81.5 Å². The molecule has 0 bridgehead atoms. The summed E-state index contributed by atoms with van der Waals surface area (Å²) in [6.45, 7) is 10.3. The Bertz CT molecular complexity index is 1210. The Morgan fingerprint density at radius 3 is 1.60 bits per heavy atom. The number of benzene rings is 3. The summed E-state index contributed by atoms with van der Waals surface area (Å²) in [5, 5.41) is 8.93. The second-order valence-electron chi connectivity index (χ2n) is 11.5. The maximum Gasteiger partial charge on any atom is 0.259 e. The molecule has 0 heterocycles. The van der Waals surface area contributed by atoms with Crippen molar-refractivity contribution in [2.45, 2.75) is 83.9 Å². The van der Waals surface area contributed by atoms with Crippen molar-refractivity contribution in [1.82, 2.24) is 4.67 Å². The van der Waals surface area contributed by atoms with Gasteiger partial charge in [0.15, 0.2) is 0 Å². The third-order valence-corrected chi connectivity index (χ3v) is 9.75. The molecule has 0 aromatic heterocycles. The van der Waals surface area contributed by atoms with Gasteiger partial charge in [-0.1, -0.05) is 73.9 Å². The molecule has 1 atom stereocenters. The van der Waals surface area contributed by atoms with Crippen LogP contribution in [0.3, 0.4) is 0 Å². The van der Waals surface area contributed by atoms with Crippen LogP contribution in [0, 0.1) is 11.3 Å². The molecule has 0 aliphatic heterocycles. The van der Waals surface area contributed by atoms with Gasteiger partial charge >= 0.3 is 0 Å². The van der Waals surface area contributed by atoms with Crippen LogP contribution in [0.25, 0.3) is 0 Å². The van der Waals surface area contributed by atoms with E-state index in [0.717, 1.165) is 60.3 Å². The lowest BCUT2D eigenvalue weighted by molar-refractivity contribution is 0.0105. The highest BCUT2D eigenvalue weighted by molar-refractivity contribution is 7.44. The highest BCUT2D eigenvalue weighted by Gasteiger charge is 2.37. The van der Waals surface area contributed by atoms with E-state index in [4.69, 9.17) is 28.5 Å². The van der Waals surface area contributed by atoms with Gasteiger partial charge in [0.1, 0.15) is 17.1 Å². The van der Waals surface area contributed by atoms with Gasteiger partial charge in [0.05, 0.1) is 39.9 Å². The first-order valence-corrected chi connectivity index (χ1v) is 17.2. The van der Waals surface area contributed by atoms with Crippen LogP contribution in [-0.2, 0) is 19.4 Å². The molecule has 244 valence electrons. The van der Waals surface area contributed by atoms with E-state index in [1.807, 2.05) is 30.3 Å². The molecule has 0 radical (unpaired) electrons. The summed E-state index contributed by atoms with van der Waals surface area (Å²) in [7, 11) is 2.18. The van der Waals surface area contributed by atoms with Gasteiger partial charge in [0.25, 0.3) is 8.53 Å². The summed E-state index contributed by atoms with van der Waals surface area (Å²) in [6.07, 6.45) is 5.52. The molecule has 0 saturated carbocycles. The van der Waals surface area contributed by atoms with Gasteiger partial charge in [0, 0.05) is 18.7 Å². The summed E-state index contributed by atoms with van der Waals surface area (Å²) >= 11 is 0. The number of nitriles is 1. The number of hydrogen-bond donors (Lipinski definition) is 0. The Balaban J connectivity index is 1.62. The number of nitrogens with zero attached hydrogens (tertiary/aromatic N) is 2. The minimum atomic E-state index is -1.18. The molecule has 7 nitrogen and oxygen atoms in total. The lowest BCUT2D eigenvalue weighted by Crippen LogP contribution is -2.33. The lowest BCUT2D eigenvalue weighted by Gasteiger charge is -2.36. The molecule has 0 amide bonds. The zero-order valence-electron chi connectivity index (χ0n) is 27.9. The van der Waals surface area contributed by atoms with Crippen LogP contribution in [0.5, 0.6) is 11.5 Å². The van der Waals surface area contributed by atoms with Gasteiger partial charge in [0.2, 0.25) is 0 Å².